The van der Waals surface area contributed by atoms with Crippen LogP contribution in [0.25, 0.3) is 22.6 Å². The van der Waals surface area contributed by atoms with Gasteiger partial charge >= 0.3 is 0 Å². The molecule has 0 spiro atoms. The Kier molecular flexibility index (Phi) is 7.10. The van der Waals surface area contributed by atoms with Gasteiger partial charge in [0, 0.05) is 13.1 Å². The summed E-state index contributed by atoms with van der Waals surface area (Å²) in [7, 11) is 0. The number of imidazole rings is 1. The number of para-hydroxylation sites is 2. The minimum atomic E-state index is -0.276. The summed E-state index contributed by atoms with van der Waals surface area (Å²) in [6, 6.07) is 11.5. The zero-order valence-electron chi connectivity index (χ0n) is 19.3. The number of aromatic nitrogens is 4. The lowest BCUT2D eigenvalue weighted by Gasteiger charge is -2.19. The summed E-state index contributed by atoms with van der Waals surface area (Å²) in [5, 5.41) is 3.62. The summed E-state index contributed by atoms with van der Waals surface area (Å²) in [5.74, 6) is 1.28. The predicted molar refractivity (Wildman–Crippen MR) is 132 cm³/mol. The van der Waals surface area contributed by atoms with E-state index >= 15 is 0 Å². The maximum atomic E-state index is 13.4. The van der Waals surface area contributed by atoms with E-state index in [4.69, 9.17) is 9.40 Å². The first-order valence-corrected chi connectivity index (χ1v) is 12.2. The molecule has 1 amide bonds. The third-order valence-corrected chi connectivity index (χ3v) is 6.31. The molecular weight excluding hydrogens is 436 g/mol. The summed E-state index contributed by atoms with van der Waals surface area (Å²) in [6.45, 7) is 9.65. The molecule has 3 heterocycles. The molecule has 172 valence electrons. The van der Waals surface area contributed by atoms with Gasteiger partial charge < -0.3 is 13.9 Å². The number of likely N-dealkylation sites (N-methyl/N-ethyl adjacent to an activating group) is 1. The zero-order chi connectivity index (χ0) is 23.4. The van der Waals surface area contributed by atoms with Gasteiger partial charge in [0.25, 0.3) is 5.91 Å². The third kappa shape index (κ3) is 4.79. The molecule has 0 aliphatic rings. The van der Waals surface area contributed by atoms with Gasteiger partial charge in [-0.25, -0.2) is 15.0 Å². The van der Waals surface area contributed by atoms with Crippen molar-refractivity contribution in [3.63, 3.8) is 0 Å². The first-order valence-electron chi connectivity index (χ1n) is 11.0. The molecule has 9 heteroatoms. The van der Waals surface area contributed by atoms with Crippen molar-refractivity contribution in [1.29, 1.82) is 0 Å². The van der Waals surface area contributed by atoms with Gasteiger partial charge in [-0.2, -0.15) is 0 Å². The number of nitrogens with zero attached hydrogens (tertiary/aromatic N) is 5. The Morgan fingerprint density at radius 1 is 1.12 bits per heavy atom. The number of hydrogen-bond acceptors (Lipinski definition) is 7. The number of aryl methyl sites for hydroxylation is 1. The minimum absolute atomic E-state index is 0.276. The maximum Gasteiger partial charge on any atom is 0.262 e. The van der Waals surface area contributed by atoms with Crippen LogP contribution in [0.1, 0.15) is 29.9 Å². The third-order valence-electron chi connectivity index (χ3n) is 5.63. The fourth-order valence-electron chi connectivity index (χ4n) is 3.81. The number of carbonyl (C=O) groups is 1. The molecule has 8 nitrogen and oxygen atoms in total. The first kappa shape index (κ1) is 23.0. The molecule has 0 saturated heterocycles. The predicted octanol–water partition coefficient (Wildman–Crippen LogP) is 4.71. The van der Waals surface area contributed by atoms with Crippen molar-refractivity contribution in [1.82, 2.24) is 24.4 Å². The van der Waals surface area contributed by atoms with E-state index in [1.54, 1.807) is 18.4 Å². The summed E-state index contributed by atoms with van der Waals surface area (Å²) in [4.78, 5) is 29.5. The molecule has 0 aliphatic heterocycles. The van der Waals surface area contributed by atoms with E-state index < -0.39 is 0 Å². The van der Waals surface area contributed by atoms with Crippen LogP contribution >= 0.6 is 11.8 Å². The molecule has 33 heavy (non-hydrogen) atoms. The van der Waals surface area contributed by atoms with Crippen molar-refractivity contribution in [3.8, 4) is 11.6 Å². The molecule has 0 radical (unpaired) electrons. The molecular formula is C24H28N6O2S. The van der Waals surface area contributed by atoms with E-state index in [2.05, 4.69) is 38.6 Å². The number of furan rings is 1. The topological polar surface area (TPSA) is 89.1 Å². The highest BCUT2D eigenvalue weighted by Crippen LogP contribution is 2.27. The van der Waals surface area contributed by atoms with Gasteiger partial charge in [-0.3, -0.25) is 10.1 Å². The molecule has 4 aromatic rings. The van der Waals surface area contributed by atoms with Crippen molar-refractivity contribution in [3.05, 3.63) is 53.9 Å². The van der Waals surface area contributed by atoms with Crippen molar-refractivity contribution < 1.29 is 9.21 Å². The number of amides is 1. The lowest BCUT2D eigenvalue weighted by Crippen LogP contribution is -2.28. The fraction of sp³-hybridized carbons (Fsp3) is 0.333. The molecule has 0 unspecified atom stereocenters. The van der Waals surface area contributed by atoms with Crippen LogP contribution in [0.5, 0.6) is 0 Å². The number of carbonyl (C=O) groups excluding carboxylic acids is 1. The largest absolute Gasteiger partial charge is 0.461 e. The van der Waals surface area contributed by atoms with Crippen molar-refractivity contribution in [2.75, 3.05) is 31.2 Å². The Bertz CT molecular complexity index is 1250. The number of nitrogens with one attached hydrogen (secondary N) is 1. The number of hydrogen-bond donors (Lipinski definition) is 1. The minimum Gasteiger partial charge on any atom is -0.461 e. The summed E-state index contributed by atoms with van der Waals surface area (Å²) in [5.41, 5.74) is 2.87. The standard InChI is InChI=1S/C24H28N6O2S/c1-5-29(6-2)13-14-30-18-11-8-7-10-17(18)26-24(30)28-22(31)20-16(3)25-21(27-23(20)33-4)19-12-9-15-32-19/h7-12,15H,5-6,13-14H2,1-4H3,(H,26,28,31). The average molecular weight is 465 g/mol. The monoisotopic (exact) mass is 464 g/mol. The van der Waals surface area contributed by atoms with Crippen LogP contribution in [0, 0.1) is 6.92 Å². The fourth-order valence-corrected chi connectivity index (χ4v) is 4.44. The molecule has 1 aromatic carbocycles. The Balaban J connectivity index is 1.67. The SMILES string of the molecule is CCN(CC)CCn1c(NC(=O)c2c(C)nc(-c3ccco3)nc2SC)nc2ccccc21. The lowest BCUT2D eigenvalue weighted by molar-refractivity contribution is 0.102. The van der Waals surface area contributed by atoms with Crippen molar-refractivity contribution in [2.24, 2.45) is 0 Å². The highest BCUT2D eigenvalue weighted by atomic mass is 32.2. The van der Waals surface area contributed by atoms with E-state index in [0.29, 0.717) is 33.8 Å². The summed E-state index contributed by atoms with van der Waals surface area (Å²) >= 11 is 1.40. The normalized spacial score (nSPS) is 11.4. The van der Waals surface area contributed by atoms with Gasteiger partial charge in [0.05, 0.1) is 28.6 Å². The molecule has 0 bridgehead atoms. The van der Waals surface area contributed by atoms with Gasteiger partial charge in [-0.1, -0.05) is 26.0 Å². The van der Waals surface area contributed by atoms with E-state index in [9.17, 15) is 4.79 Å². The second-order valence-electron chi connectivity index (χ2n) is 7.55. The first-order chi connectivity index (χ1) is 16.0. The van der Waals surface area contributed by atoms with Gasteiger partial charge in [0.15, 0.2) is 11.6 Å². The van der Waals surface area contributed by atoms with E-state index in [1.165, 1.54) is 11.8 Å². The Morgan fingerprint density at radius 3 is 2.61 bits per heavy atom. The molecule has 0 aliphatic carbocycles. The quantitative estimate of drug-likeness (QED) is 0.283. The van der Waals surface area contributed by atoms with Crippen LogP contribution in [0.4, 0.5) is 5.95 Å². The number of anilines is 1. The number of thioether (sulfide) groups is 1. The lowest BCUT2D eigenvalue weighted by atomic mass is 10.2. The van der Waals surface area contributed by atoms with Crippen LogP contribution in [-0.2, 0) is 6.54 Å². The Morgan fingerprint density at radius 2 is 1.91 bits per heavy atom. The second-order valence-corrected chi connectivity index (χ2v) is 8.35. The highest BCUT2D eigenvalue weighted by molar-refractivity contribution is 7.98. The van der Waals surface area contributed by atoms with E-state index in [1.807, 2.05) is 37.4 Å². The molecule has 0 fully saturated rings. The van der Waals surface area contributed by atoms with Crippen LogP contribution in [0.15, 0.2) is 52.1 Å². The number of fused-ring (bicyclic) bond motifs is 1. The highest BCUT2D eigenvalue weighted by Gasteiger charge is 2.22. The maximum absolute atomic E-state index is 13.4. The zero-order valence-corrected chi connectivity index (χ0v) is 20.1. The van der Waals surface area contributed by atoms with Crippen LogP contribution in [-0.4, -0.2) is 56.2 Å². The Labute approximate surface area is 197 Å². The van der Waals surface area contributed by atoms with E-state index in [0.717, 1.165) is 37.2 Å². The van der Waals surface area contributed by atoms with Gasteiger partial charge in [-0.15, -0.1) is 11.8 Å². The van der Waals surface area contributed by atoms with Gasteiger partial charge in [0.1, 0.15) is 5.03 Å². The molecule has 0 atom stereocenters. The van der Waals surface area contributed by atoms with Crippen LogP contribution < -0.4 is 5.32 Å². The molecule has 3 aromatic heterocycles. The van der Waals surface area contributed by atoms with Crippen LogP contribution in [0.3, 0.4) is 0 Å². The smallest absolute Gasteiger partial charge is 0.262 e. The van der Waals surface area contributed by atoms with Crippen molar-refractivity contribution >= 4 is 34.7 Å². The summed E-state index contributed by atoms with van der Waals surface area (Å²) < 4.78 is 7.50. The summed E-state index contributed by atoms with van der Waals surface area (Å²) in [6.07, 6.45) is 3.47. The molecule has 0 saturated carbocycles. The number of rotatable bonds is 9. The van der Waals surface area contributed by atoms with E-state index in [-0.39, 0.29) is 5.91 Å². The number of benzene rings is 1. The Hall–Kier alpha value is -3.17. The van der Waals surface area contributed by atoms with Gasteiger partial charge in [0.2, 0.25) is 5.95 Å². The molecule has 1 N–H and O–H groups in total. The molecule has 4 rings (SSSR count). The van der Waals surface area contributed by atoms with Crippen LogP contribution in [0.2, 0.25) is 0 Å². The van der Waals surface area contributed by atoms with Gasteiger partial charge in [-0.05, 0) is 50.5 Å². The average Bonchev–Trinajstić information content (AvgIpc) is 3.47. The van der Waals surface area contributed by atoms with Crippen molar-refractivity contribution in [2.45, 2.75) is 32.3 Å². The second kappa shape index (κ2) is 10.2.